The Kier molecular flexibility index (Phi) is 6.13. The van der Waals surface area contributed by atoms with E-state index in [0.29, 0.717) is 31.5 Å². The normalized spacial score (nSPS) is 13.7. The molecule has 1 aromatic carbocycles. The molecule has 0 radical (unpaired) electrons. The van der Waals surface area contributed by atoms with Gasteiger partial charge < -0.3 is 19.7 Å². The number of H-pyrrole nitrogens is 1. The molecule has 2 N–H and O–H groups in total. The van der Waals surface area contributed by atoms with Crippen LogP contribution in [-0.2, 0) is 11.2 Å². The van der Waals surface area contributed by atoms with Gasteiger partial charge in [-0.05, 0) is 31.4 Å². The van der Waals surface area contributed by atoms with E-state index >= 15 is 0 Å². The second kappa shape index (κ2) is 9.13. The molecule has 0 aliphatic carbocycles. The van der Waals surface area contributed by atoms with Gasteiger partial charge in [-0.1, -0.05) is 19.1 Å². The van der Waals surface area contributed by atoms with Gasteiger partial charge in [0.1, 0.15) is 24.0 Å². The van der Waals surface area contributed by atoms with Gasteiger partial charge >= 0.3 is 0 Å². The van der Waals surface area contributed by atoms with Gasteiger partial charge in [-0.3, -0.25) is 5.10 Å². The number of aryl methyl sites for hydroxylation is 1. The average Bonchev–Trinajstić information content (AvgIpc) is 3.13. The lowest BCUT2D eigenvalue weighted by molar-refractivity contribution is 0.0933. The number of hydrogen-bond donors (Lipinski definition) is 2. The van der Waals surface area contributed by atoms with Crippen molar-refractivity contribution < 1.29 is 9.47 Å². The fraction of sp³-hybridized carbons (Fsp3) is 0.409. The molecule has 0 saturated carbocycles. The van der Waals surface area contributed by atoms with Gasteiger partial charge in [0, 0.05) is 37.0 Å². The molecule has 8 nitrogen and oxygen atoms in total. The first-order valence-electron chi connectivity index (χ1n) is 10.4. The van der Waals surface area contributed by atoms with E-state index in [4.69, 9.17) is 19.4 Å². The highest BCUT2D eigenvalue weighted by molar-refractivity contribution is 5.66. The molecule has 1 aliphatic heterocycles. The van der Waals surface area contributed by atoms with Crippen molar-refractivity contribution in [1.29, 1.82) is 0 Å². The largest absolute Gasteiger partial charge is 0.491 e. The molecule has 0 atom stereocenters. The SMILES string of the molecule is CCCN(C)c1cc(Nc2cc(C)[nH]n2)nc(-c2ccc3c(c2)OCCOCC3)n1. The third kappa shape index (κ3) is 4.71. The molecule has 2 aromatic heterocycles. The van der Waals surface area contributed by atoms with Crippen LogP contribution in [0.3, 0.4) is 0 Å². The average molecular weight is 409 g/mol. The number of aromatic amines is 1. The number of benzene rings is 1. The molecule has 3 aromatic rings. The van der Waals surface area contributed by atoms with Gasteiger partial charge in [-0.25, -0.2) is 9.97 Å². The first kappa shape index (κ1) is 20.2. The van der Waals surface area contributed by atoms with Gasteiger partial charge in [0.15, 0.2) is 11.6 Å². The minimum absolute atomic E-state index is 0.544. The maximum Gasteiger partial charge on any atom is 0.164 e. The van der Waals surface area contributed by atoms with E-state index < -0.39 is 0 Å². The molecule has 4 rings (SSSR count). The van der Waals surface area contributed by atoms with E-state index in [1.807, 2.05) is 38.2 Å². The van der Waals surface area contributed by atoms with Crippen molar-refractivity contribution in [2.45, 2.75) is 26.7 Å². The van der Waals surface area contributed by atoms with Crippen LogP contribution in [0.15, 0.2) is 30.3 Å². The smallest absolute Gasteiger partial charge is 0.164 e. The molecular weight excluding hydrogens is 380 g/mol. The van der Waals surface area contributed by atoms with Crippen molar-refractivity contribution >= 4 is 17.5 Å². The van der Waals surface area contributed by atoms with Crippen molar-refractivity contribution in [3.8, 4) is 17.1 Å². The van der Waals surface area contributed by atoms with Gasteiger partial charge in [-0.2, -0.15) is 5.10 Å². The predicted molar refractivity (Wildman–Crippen MR) is 118 cm³/mol. The summed E-state index contributed by atoms with van der Waals surface area (Å²) in [6.07, 6.45) is 1.87. The highest BCUT2D eigenvalue weighted by Gasteiger charge is 2.14. The minimum atomic E-state index is 0.544. The van der Waals surface area contributed by atoms with Crippen LogP contribution in [0.2, 0.25) is 0 Å². The molecule has 0 saturated heterocycles. The summed E-state index contributed by atoms with van der Waals surface area (Å²) < 4.78 is 11.4. The Morgan fingerprint density at radius 2 is 2.00 bits per heavy atom. The Morgan fingerprint density at radius 3 is 2.80 bits per heavy atom. The Labute approximate surface area is 176 Å². The van der Waals surface area contributed by atoms with Crippen molar-refractivity contribution in [2.24, 2.45) is 0 Å². The highest BCUT2D eigenvalue weighted by Crippen LogP contribution is 2.29. The van der Waals surface area contributed by atoms with Crippen molar-refractivity contribution in [3.05, 3.63) is 41.6 Å². The molecule has 3 heterocycles. The first-order chi connectivity index (χ1) is 14.6. The van der Waals surface area contributed by atoms with E-state index in [0.717, 1.165) is 53.6 Å². The van der Waals surface area contributed by atoms with Crippen molar-refractivity contribution in [2.75, 3.05) is 43.6 Å². The van der Waals surface area contributed by atoms with Crippen LogP contribution in [0.4, 0.5) is 17.5 Å². The molecule has 0 amide bonds. The van der Waals surface area contributed by atoms with Crippen LogP contribution in [0, 0.1) is 6.92 Å². The van der Waals surface area contributed by atoms with Gasteiger partial charge in [0.2, 0.25) is 0 Å². The number of nitrogens with one attached hydrogen (secondary N) is 2. The molecular formula is C22H28N6O2. The molecule has 30 heavy (non-hydrogen) atoms. The van der Waals surface area contributed by atoms with Gasteiger partial charge in [-0.15, -0.1) is 0 Å². The molecule has 8 heteroatoms. The van der Waals surface area contributed by atoms with E-state index in [-0.39, 0.29) is 0 Å². The van der Waals surface area contributed by atoms with E-state index in [1.165, 1.54) is 0 Å². The van der Waals surface area contributed by atoms with E-state index in [1.54, 1.807) is 0 Å². The maximum absolute atomic E-state index is 5.91. The Morgan fingerprint density at radius 1 is 1.10 bits per heavy atom. The van der Waals surface area contributed by atoms with Gasteiger partial charge in [0.05, 0.1) is 13.2 Å². The second-order valence-corrected chi connectivity index (χ2v) is 7.45. The number of hydrogen-bond acceptors (Lipinski definition) is 7. The molecule has 0 unspecified atom stereocenters. The summed E-state index contributed by atoms with van der Waals surface area (Å²) in [6, 6.07) is 10.0. The summed E-state index contributed by atoms with van der Waals surface area (Å²) in [5.74, 6) is 3.81. The maximum atomic E-state index is 5.91. The Hall–Kier alpha value is -3.13. The molecule has 0 bridgehead atoms. The summed E-state index contributed by atoms with van der Waals surface area (Å²) in [7, 11) is 2.04. The number of rotatable bonds is 6. The lowest BCUT2D eigenvalue weighted by Gasteiger charge is -2.20. The van der Waals surface area contributed by atoms with Crippen LogP contribution in [0.1, 0.15) is 24.6 Å². The quantitative estimate of drug-likeness (QED) is 0.643. The summed E-state index contributed by atoms with van der Waals surface area (Å²) >= 11 is 0. The fourth-order valence-corrected chi connectivity index (χ4v) is 3.42. The number of ether oxygens (including phenoxy) is 2. The number of fused-ring (bicyclic) bond motifs is 1. The zero-order valence-electron chi connectivity index (χ0n) is 17.7. The van der Waals surface area contributed by atoms with Crippen LogP contribution < -0.4 is 15.0 Å². The molecule has 0 spiro atoms. The van der Waals surface area contributed by atoms with Crippen molar-refractivity contribution in [3.63, 3.8) is 0 Å². The molecule has 158 valence electrons. The topological polar surface area (TPSA) is 88.2 Å². The zero-order chi connectivity index (χ0) is 20.9. The standard InChI is InChI=1S/C22H28N6O2/c1-4-8-28(3)21-14-19(23-20-12-15(2)26-27-20)24-22(25-21)17-6-5-16-7-9-29-10-11-30-18(16)13-17/h5-6,12-14H,4,7-11H2,1-3H3,(H2,23,24,25,26,27). The Balaban J connectivity index is 1.71. The monoisotopic (exact) mass is 408 g/mol. The van der Waals surface area contributed by atoms with E-state index in [2.05, 4.69) is 33.4 Å². The minimum Gasteiger partial charge on any atom is -0.491 e. The summed E-state index contributed by atoms with van der Waals surface area (Å²) in [5, 5.41) is 10.5. The Bertz CT molecular complexity index is 1000. The third-order valence-corrected chi connectivity index (χ3v) is 4.95. The van der Waals surface area contributed by atoms with Gasteiger partial charge in [0.25, 0.3) is 0 Å². The first-order valence-corrected chi connectivity index (χ1v) is 10.4. The molecule has 1 aliphatic rings. The molecule has 0 fully saturated rings. The summed E-state index contributed by atoms with van der Waals surface area (Å²) in [5.41, 5.74) is 3.05. The van der Waals surface area contributed by atoms with Crippen LogP contribution >= 0.6 is 0 Å². The third-order valence-electron chi connectivity index (χ3n) is 4.95. The van der Waals surface area contributed by atoms with Crippen LogP contribution in [0.5, 0.6) is 5.75 Å². The highest BCUT2D eigenvalue weighted by atomic mass is 16.5. The zero-order valence-corrected chi connectivity index (χ0v) is 17.7. The number of nitrogens with zero attached hydrogens (tertiary/aromatic N) is 4. The number of aromatic nitrogens is 4. The van der Waals surface area contributed by atoms with Crippen LogP contribution in [0.25, 0.3) is 11.4 Å². The predicted octanol–water partition coefficient (Wildman–Crippen LogP) is 3.72. The summed E-state index contributed by atoms with van der Waals surface area (Å²) in [4.78, 5) is 11.7. The fourth-order valence-electron chi connectivity index (χ4n) is 3.42. The second-order valence-electron chi connectivity index (χ2n) is 7.45. The summed E-state index contributed by atoms with van der Waals surface area (Å²) in [6.45, 7) is 6.88. The lowest BCUT2D eigenvalue weighted by Crippen LogP contribution is -2.19. The van der Waals surface area contributed by atoms with Crippen molar-refractivity contribution in [1.82, 2.24) is 20.2 Å². The van der Waals surface area contributed by atoms with E-state index in [9.17, 15) is 0 Å². The lowest BCUT2D eigenvalue weighted by atomic mass is 10.1. The number of anilines is 3. The van der Waals surface area contributed by atoms with Crippen LogP contribution in [-0.4, -0.2) is 53.6 Å².